The predicted octanol–water partition coefficient (Wildman–Crippen LogP) is 3.74. The van der Waals surface area contributed by atoms with Crippen molar-refractivity contribution >= 4 is 29.3 Å². The minimum Gasteiger partial charge on any atom is -0.491 e. The third-order valence-electron chi connectivity index (χ3n) is 5.26. The third-order valence-corrected chi connectivity index (χ3v) is 5.26. The number of nitrogens with zero attached hydrogens (tertiary/aromatic N) is 6. The first-order valence-electron chi connectivity index (χ1n) is 11.9. The molecule has 0 aliphatic rings. The summed E-state index contributed by atoms with van der Waals surface area (Å²) in [6, 6.07) is 11.7. The lowest BCUT2D eigenvalue weighted by molar-refractivity contribution is -0.116. The van der Waals surface area contributed by atoms with Gasteiger partial charge in [0.2, 0.25) is 5.91 Å². The number of halogens is 1. The van der Waals surface area contributed by atoms with Crippen LogP contribution < -0.4 is 15.4 Å². The zero-order valence-corrected chi connectivity index (χ0v) is 21.8. The van der Waals surface area contributed by atoms with Crippen LogP contribution in [0.4, 0.5) is 21.5 Å². The molecule has 1 amide bonds. The number of ether oxygens (including phenoxy) is 2. The second-order valence-corrected chi connectivity index (χ2v) is 8.71. The molecule has 0 radical (unpaired) electrons. The van der Waals surface area contributed by atoms with Crippen molar-refractivity contribution in [2.75, 3.05) is 44.7 Å². The first kappa shape index (κ1) is 28.1. The van der Waals surface area contributed by atoms with E-state index in [1.54, 1.807) is 37.4 Å². The van der Waals surface area contributed by atoms with Gasteiger partial charge in [-0.05, 0) is 30.2 Å². The molecule has 0 aliphatic carbocycles. The molecular weight excluding hydrogens is 491 g/mol. The summed E-state index contributed by atoms with van der Waals surface area (Å²) in [6.07, 6.45) is 3.26. The van der Waals surface area contributed by atoms with E-state index in [4.69, 9.17) is 9.47 Å². The highest BCUT2D eigenvalue weighted by molar-refractivity contribution is 5.90. The lowest BCUT2D eigenvalue weighted by Crippen LogP contribution is -2.23. The van der Waals surface area contributed by atoms with Gasteiger partial charge in [0, 0.05) is 43.9 Å². The fraction of sp³-hybridized carbons (Fsp3) is 0.346. The maximum absolute atomic E-state index is 14.3. The van der Waals surface area contributed by atoms with Crippen LogP contribution in [0.1, 0.15) is 31.0 Å². The molecule has 38 heavy (non-hydrogen) atoms. The van der Waals surface area contributed by atoms with Crippen LogP contribution in [0.25, 0.3) is 0 Å². The van der Waals surface area contributed by atoms with E-state index in [9.17, 15) is 14.4 Å². The van der Waals surface area contributed by atoms with Gasteiger partial charge in [-0.3, -0.25) is 4.79 Å². The minimum atomic E-state index is -0.705. The second kappa shape index (κ2) is 13.7. The molecule has 1 heterocycles. The Labute approximate surface area is 220 Å². The Balaban J connectivity index is 1.51. The summed E-state index contributed by atoms with van der Waals surface area (Å²) in [5.74, 6) is -0.403. The van der Waals surface area contributed by atoms with Gasteiger partial charge in [-0.15, -0.1) is 5.10 Å². The van der Waals surface area contributed by atoms with Gasteiger partial charge in [0.25, 0.3) is 0 Å². The number of nitrogens with one attached hydrogen (secondary N) is 2. The molecule has 0 bridgehead atoms. The molecule has 12 heteroatoms. The number of amides is 1. The van der Waals surface area contributed by atoms with Gasteiger partial charge in [-0.1, -0.05) is 19.1 Å². The van der Waals surface area contributed by atoms with Crippen molar-refractivity contribution in [1.29, 1.82) is 5.26 Å². The summed E-state index contributed by atoms with van der Waals surface area (Å²) in [7, 11) is 3.32. The summed E-state index contributed by atoms with van der Waals surface area (Å²) in [5.41, 5.74) is 2.31. The number of rotatable bonds is 13. The van der Waals surface area contributed by atoms with Crippen molar-refractivity contribution in [3.05, 3.63) is 59.7 Å². The van der Waals surface area contributed by atoms with Gasteiger partial charge < -0.3 is 25.0 Å². The number of carbonyl (C=O) groups is 1. The van der Waals surface area contributed by atoms with Crippen molar-refractivity contribution in [1.82, 2.24) is 19.9 Å². The van der Waals surface area contributed by atoms with Gasteiger partial charge >= 0.3 is 0 Å². The summed E-state index contributed by atoms with van der Waals surface area (Å²) >= 11 is 0. The zero-order chi connectivity index (χ0) is 27.5. The van der Waals surface area contributed by atoms with Crippen molar-refractivity contribution in [2.45, 2.75) is 26.3 Å². The van der Waals surface area contributed by atoms with E-state index < -0.39 is 5.82 Å². The molecule has 3 aromatic rings. The molecule has 0 unspecified atom stereocenters. The highest BCUT2D eigenvalue weighted by Crippen LogP contribution is 2.27. The molecule has 0 saturated heterocycles. The van der Waals surface area contributed by atoms with E-state index in [0.29, 0.717) is 19.0 Å². The van der Waals surface area contributed by atoms with Crippen LogP contribution in [0, 0.1) is 17.1 Å². The molecule has 200 valence electrons. The smallest absolute Gasteiger partial charge is 0.246 e. The molecule has 1 aromatic heterocycles. The average Bonchev–Trinajstić information content (AvgIpc) is 3.36. The Morgan fingerprint density at radius 3 is 2.66 bits per heavy atom. The number of aliphatic imine (C=N–C) groups is 1. The predicted molar refractivity (Wildman–Crippen MR) is 142 cm³/mol. The SMILES string of the molecule is COCCOc1cc(F)c(C#N)c(N=CN(C)CNc2ccc(NC(=O)Cn3cc(C(C)C)nn3)cc2)c1. The van der Waals surface area contributed by atoms with Crippen molar-refractivity contribution in [3.63, 3.8) is 0 Å². The number of carbonyl (C=O) groups excluding carboxylic acids is 1. The zero-order valence-electron chi connectivity index (χ0n) is 21.8. The Morgan fingerprint density at radius 1 is 1.26 bits per heavy atom. The first-order chi connectivity index (χ1) is 18.3. The Morgan fingerprint density at radius 2 is 2.00 bits per heavy atom. The number of methoxy groups -OCH3 is 1. The molecule has 0 saturated carbocycles. The highest BCUT2D eigenvalue weighted by Gasteiger charge is 2.12. The van der Waals surface area contributed by atoms with Crippen LogP contribution in [0.3, 0.4) is 0 Å². The van der Waals surface area contributed by atoms with Crippen LogP contribution in [0.15, 0.2) is 47.6 Å². The Hall–Kier alpha value is -4.50. The van der Waals surface area contributed by atoms with Gasteiger partial charge in [0.05, 0.1) is 31.0 Å². The van der Waals surface area contributed by atoms with E-state index >= 15 is 0 Å². The van der Waals surface area contributed by atoms with Crippen LogP contribution in [0.2, 0.25) is 0 Å². The molecule has 2 aromatic carbocycles. The summed E-state index contributed by atoms with van der Waals surface area (Å²) in [4.78, 5) is 18.3. The van der Waals surface area contributed by atoms with Crippen molar-refractivity contribution in [3.8, 4) is 11.8 Å². The monoisotopic (exact) mass is 522 g/mol. The maximum atomic E-state index is 14.3. The number of nitriles is 1. The molecule has 0 spiro atoms. The first-order valence-corrected chi connectivity index (χ1v) is 11.9. The average molecular weight is 523 g/mol. The third kappa shape index (κ3) is 8.28. The fourth-order valence-electron chi connectivity index (χ4n) is 3.20. The largest absolute Gasteiger partial charge is 0.491 e. The lowest BCUT2D eigenvalue weighted by Gasteiger charge is -2.16. The van der Waals surface area contributed by atoms with E-state index in [-0.39, 0.29) is 42.0 Å². The van der Waals surface area contributed by atoms with Gasteiger partial charge in [-0.25, -0.2) is 14.1 Å². The maximum Gasteiger partial charge on any atom is 0.246 e. The Bertz CT molecular complexity index is 1280. The fourth-order valence-corrected chi connectivity index (χ4v) is 3.20. The minimum absolute atomic E-state index is 0.0729. The van der Waals surface area contributed by atoms with Gasteiger partial charge in [0.1, 0.15) is 36.4 Å². The highest BCUT2D eigenvalue weighted by atomic mass is 19.1. The lowest BCUT2D eigenvalue weighted by atomic mass is 10.2. The van der Waals surface area contributed by atoms with E-state index in [0.717, 1.165) is 17.4 Å². The van der Waals surface area contributed by atoms with Gasteiger partial charge in [0.15, 0.2) is 0 Å². The van der Waals surface area contributed by atoms with Crippen molar-refractivity contribution < 1.29 is 18.7 Å². The molecule has 3 rings (SSSR count). The van der Waals surface area contributed by atoms with E-state index in [1.807, 2.05) is 32.0 Å². The number of hydrogen-bond acceptors (Lipinski definition) is 8. The number of hydrogen-bond donors (Lipinski definition) is 2. The quantitative estimate of drug-likeness (QED) is 0.150. The van der Waals surface area contributed by atoms with Crippen LogP contribution >= 0.6 is 0 Å². The van der Waals surface area contributed by atoms with Crippen molar-refractivity contribution in [2.24, 2.45) is 4.99 Å². The molecular formula is C26H31FN8O3. The van der Waals surface area contributed by atoms with E-state index in [1.165, 1.54) is 17.1 Å². The number of benzene rings is 2. The van der Waals surface area contributed by atoms with Gasteiger partial charge in [-0.2, -0.15) is 5.26 Å². The summed E-state index contributed by atoms with van der Waals surface area (Å²) < 4.78 is 26.2. The second-order valence-electron chi connectivity index (χ2n) is 8.71. The Kier molecular flexibility index (Phi) is 10.1. The topological polar surface area (TPSA) is 130 Å². The molecule has 0 aliphatic heterocycles. The molecule has 0 fully saturated rings. The summed E-state index contributed by atoms with van der Waals surface area (Å²) in [6.45, 7) is 5.08. The standard InChI is InChI=1S/C26H31FN8O3/c1-18(2)25-14-35(33-32-25)15-26(36)31-20-7-5-19(6-8-20)29-16-34(3)17-30-24-12-21(38-10-9-37-4)11-23(27)22(24)13-28/h5-8,11-12,14,17-18,29H,9-10,15-16H2,1-4H3,(H,31,36). The molecule has 0 atom stereocenters. The van der Waals surface area contributed by atoms with Crippen LogP contribution in [-0.4, -0.2) is 66.2 Å². The molecule has 11 nitrogen and oxygen atoms in total. The normalized spacial score (nSPS) is 11.0. The molecule has 2 N–H and O–H groups in total. The van der Waals surface area contributed by atoms with Crippen LogP contribution in [0.5, 0.6) is 5.75 Å². The van der Waals surface area contributed by atoms with Crippen LogP contribution in [-0.2, 0) is 16.1 Å². The number of anilines is 2. The summed E-state index contributed by atoms with van der Waals surface area (Å²) in [5, 5.41) is 23.4. The number of aromatic nitrogens is 3. The van der Waals surface area contributed by atoms with E-state index in [2.05, 4.69) is 25.9 Å².